The highest BCUT2D eigenvalue weighted by Crippen LogP contribution is 2.43. The van der Waals surface area contributed by atoms with E-state index in [2.05, 4.69) is 16.9 Å². The summed E-state index contributed by atoms with van der Waals surface area (Å²) in [5, 5.41) is 8.37. The third-order valence-corrected chi connectivity index (χ3v) is 3.30. The van der Waals surface area contributed by atoms with Gasteiger partial charge in [0.15, 0.2) is 0 Å². The maximum Gasteiger partial charge on any atom is 0.338 e. The number of hydrogen-bond donors (Lipinski definition) is 4. The lowest BCUT2D eigenvalue weighted by Crippen LogP contribution is -2.30. The predicted octanol–water partition coefficient (Wildman–Crippen LogP) is 0.225. The molecular formula is C5H12NO5PS. The largest absolute Gasteiger partial charge is 0.480 e. The molecule has 0 radical (unpaired) electrons. The summed E-state index contributed by atoms with van der Waals surface area (Å²) in [5.41, 5.74) is 5.16. The zero-order valence-corrected chi connectivity index (χ0v) is 8.58. The molecule has 0 aromatic rings. The molecule has 0 saturated heterocycles. The molecule has 8 heteroatoms. The molecule has 2 unspecified atom stereocenters. The van der Waals surface area contributed by atoms with Crippen LogP contribution in [0.2, 0.25) is 0 Å². The summed E-state index contributed by atoms with van der Waals surface area (Å²) >= 11 is 3.21. The molecule has 0 aliphatic carbocycles. The topological polar surface area (TPSA) is 110 Å². The van der Waals surface area contributed by atoms with Gasteiger partial charge < -0.3 is 15.7 Å². The Morgan fingerprint density at radius 1 is 1.69 bits per heavy atom. The van der Waals surface area contributed by atoms with Crippen molar-refractivity contribution in [3.63, 3.8) is 0 Å². The lowest BCUT2D eigenvalue weighted by molar-refractivity contribution is -0.138. The number of carboxylic acid groups (broad SMARTS) is 1. The van der Waals surface area contributed by atoms with Crippen LogP contribution < -0.4 is 5.73 Å². The van der Waals surface area contributed by atoms with Gasteiger partial charge in [-0.25, -0.2) is 3.97 Å². The molecule has 13 heavy (non-hydrogen) atoms. The minimum Gasteiger partial charge on any atom is -0.480 e. The Labute approximate surface area is 81.2 Å². The van der Waals surface area contributed by atoms with E-state index in [1.807, 2.05) is 0 Å². The highest BCUT2D eigenvalue weighted by molar-refractivity contribution is 7.81. The van der Waals surface area contributed by atoms with Gasteiger partial charge in [-0.05, 0) is 25.8 Å². The monoisotopic (exact) mass is 229 g/mol. The molecule has 0 aliphatic heterocycles. The van der Waals surface area contributed by atoms with Crippen LogP contribution in [-0.4, -0.2) is 28.2 Å². The van der Waals surface area contributed by atoms with Crippen molar-refractivity contribution in [3.05, 3.63) is 0 Å². The first-order valence-corrected chi connectivity index (χ1v) is 5.65. The highest BCUT2D eigenvalue weighted by Gasteiger charge is 2.19. The normalized spacial score (nSPS) is 17.8. The summed E-state index contributed by atoms with van der Waals surface area (Å²) in [6.45, 7) is 0. The maximum atomic E-state index is 10.8. The van der Waals surface area contributed by atoms with Crippen LogP contribution in [0.25, 0.3) is 0 Å². The van der Waals surface area contributed by atoms with E-state index in [-0.39, 0.29) is 19.0 Å². The van der Waals surface area contributed by atoms with Gasteiger partial charge in [-0.15, -0.1) is 0 Å². The van der Waals surface area contributed by atoms with E-state index in [0.29, 0.717) is 0 Å². The van der Waals surface area contributed by atoms with Crippen LogP contribution >= 0.6 is 20.5 Å². The van der Waals surface area contributed by atoms with Gasteiger partial charge in [-0.2, -0.15) is 0 Å². The van der Waals surface area contributed by atoms with E-state index >= 15 is 0 Å². The van der Waals surface area contributed by atoms with Crippen molar-refractivity contribution < 1.29 is 23.3 Å². The average Bonchev–Trinajstić information content (AvgIpc) is 2.04. The molecule has 0 amide bonds. The van der Waals surface area contributed by atoms with Gasteiger partial charge in [0.1, 0.15) is 6.04 Å². The summed E-state index contributed by atoms with van der Waals surface area (Å²) in [6, 6.07) is -1.00. The average molecular weight is 229 g/mol. The number of rotatable bonds is 6. The molecule has 0 bridgehead atoms. The van der Waals surface area contributed by atoms with E-state index < -0.39 is 19.6 Å². The first-order chi connectivity index (χ1) is 5.89. The van der Waals surface area contributed by atoms with E-state index in [1.54, 1.807) is 0 Å². The fourth-order valence-electron chi connectivity index (χ4n) is 0.675. The quantitative estimate of drug-likeness (QED) is 0.295. The molecule has 2 atom stereocenters. The fraction of sp³-hybridized carbons (Fsp3) is 0.800. The lowest BCUT2D eigenvalue weighted by Gasteiger charge is -2.08. The Kier molecular flexibility index (Phi) is 5.59. The van der Waals surface area contributed by atoms with E-state index in [0.717, 1.165) is 0 Å². The first kappa shape index (κ1) is 12.9. The number of thiol groups is 1. The van der Waals surface area contributed by atoms with Crippen molar-refractivity contribution in [1.82, 2.24) is 0 Å². The Morgan fingerprint density at radius 3 is 2.62 bits per heavy atom. The molecule has 0 spiro atoms. The standard InChI is InChI=1S/C5H12NO5PS/c6-4(5(7)8)2-1-3-12(9,10)11-13/h4,13H,1-3,6H2,(H,7,8)(H,9,10). The fourth-order valence-corrected chi connectivity index (χ4v) is 1.58. The van der Waals surface area contributed by atoms with Crippen LogP contribution in [0.3, 0.4) is 0 Å². The molecule has 0 aromatic carbocycles. The number of hydrogen-bond acceptors (Lipinski definition) is 5. The van der Waals surface area contributed by atoms with E-state index in [4.69, 9.17) is 15.7 Å². The predicted molar refractivity (Wildman–Crippen MR) is 49.6 cm³/mol. The second-order valence-electron chi connectivity index (χ2n) is 2.53. The van der Waals surface area contributed by atoms with Crippen LogP contribution in [0.4, 0.5) is 0 Å². The minimum absolute atomic E-state index is 0.136. The maximum absolute atomic E-state index is 10.8. The van der Waals surface area contributed by atoms with Crippen LogP contribution in [-0.2, 0) is 13.3 Å². The summed E-state index contributed by atoms with van der Waals surface area (Å²) in [5.74, 6) is -1.13. The van der Waals surface area contributed by atoms with Gasteiger partial charge >= 0.3 is 13.6 Å². The smallest absolute Gasteiger partial charge is 0.338 e. The van der Waals surface area contributed by atoms with Crippen molar-refractivity contribution in [1.29, 1.82) is 0 Å². The van der Waals surface area contributed by atoms with Gasteiger partial charge in [0, 0.05) is 0 Å². The molecule has 78 valence electrons. The van der Waals surface area contributed by atoms with Crippen LogP contribution in [0.15, 0.2) is 0 Å². The van der Waals surface area contributed by atoms with Crippen molar-refractivity contribution >= 4 is 26.5 Å². The Balaban J connectivity index is 3.68. The number of carbonyl (C=O) groups is 1. The first-order valence-electron chi connectivity index (χ1n) is 3.52. The summed E-state index contributed by atoms with van der Waals surface area (Å²) < 4.78 is 14.8. The van der Waals surface area contributed by atoms with Crippen molar-refractivity contribution in [3.8, 4) is 0 Å². The second-order valence-corrected chi connectivity index (χ2v) is 4.90. The number of carboxylic acids is 1. The van der Waals surface area contributed by atoms with Crippen molar-refractivity contribution in [2.24, 2.45) is 5.73 Å². The second kappa shape index (κ2) is 5.62. The van der Waals surface area contributed by atoms with E-state index in [9.17, 15) is 9.36 Å². The van der Waals surface area contributed by atoms with Crippen molar-refractivity contribution in [2.45, 2.75) is 18.9 Å². The van der Waals surface area contributed by atoms with Gasteiger partial charge in [-0.3, -0.25) is 9.36 Å². The summed E-state index contributed by atoms with van der Waals surface area (Å²) in [4.78, 5) is 19.1. The lowest BCUT2D eigenvalue weighted by atomic mass is 10.2. The molecule has 0 saturated carbocycles. The zero-order chi connectivity index (χ0) is 10.5. The zero-order valence-electron chi connectivity index (χ0n) is 6.79. The van der Waals surface area contributed by atoms with Gasteiger partial charge in [0.25, 0.3) is 0 Å². The van der Waals surface area contributed by atoms with E-state index in [1.165, 1.54) is 0 Å². The molecule has 0 aliphatic rings. The summed E-state index contributed by atoms with van der Waals surface area (Å²) in [6.07, 6.45) is 0.205. The Hall–Kier alpha value is -0.0700. The molecule has 0 aromatic heterocycles. The van der Waals surface area contributed by atoms with Gasteiger partial charge in [0.2, 0.25) is 0 Å². The van der Waals surface area contributed by atoms with Crippen LogP contribution in [0.1, 0.15) is 12.8 Å². The van der Waals surface area contributed by atoms with Gasteiger partial charge in [-0.1, -0.05) is 0 Å². The molecular weight excluding hydrogens is 217 g/mol. The third-order valence-electron chi connectivity index (χ3n) is 1.40. The molecule has 0 fully saturated rings. The minimum atomic E-state index is -3.64. The van der Waals surface area contributed by atoms with Crippen LogP contribution in [0, 0.1) is 0 Å². The Bertz CT molecular complexity index is 223. The number of nitrogens with two attached hydrogens (primary N) is 1. The SMILES string of the molecule is NC(CCCP(=O)(O)OS)C(=O)O. The van der Waals surface area contributed by atoms with Gasteiger partial charge in [0.05, 0.1) is 6.16 Å². The molecule has 6 nitrogen and oxygen atoms in total. The third kappa shape index (κ3) is 6.06. The number of aliphatic carboxylic acids is 1. The molecule has 0 rings (SSSR count). The Morgan fingerprint density at radius 2 is 2.23 bits per heavy atom. The van der Waals surface area contributed by atoms with Crippen LogP contribution in [0.5, 0.6) is 0 Å². The molecule has 4 N–H and O–H groups in total. The summed E-state index contributed by atoms with van der Waals surface area (Å²) in [7, 11) is -3.64. The highest BCUT2D eigenvalue weighted by atomic mass is 32.1. The van der Waals surface area contributed by atoms with Crippen molar-refractivity contribution in [2.75, 3.05) is 6.16 Å². The molecule has 0 heterocycles.